The molecule has 2 aromatic heterocycles. The quantitative estimate of drug-likeness (QED) is 0.600. The van der Waals surface area contributed by atoms with Crippen molar-refractivity contribution in [2.45, 2.75) is 25.7 Å². The summed E-state index contributed by atoms with van der Waals surface area (Å²) in [5.41, 5.74) is 1.24. The third kappa shape index (κ3) is 4.70. The van der Waals surface area contributed by atoms with Crippen LogP contribution in [-0.4, -0.2) is 21.6 Å². The number of nitrogens with one attached hydrogen (secondary N) is 2. The first kappa shape index (κ1) is 20.1. The molecule has 0 spiro atoms. The molecule has 3 heterocycles. The Morgan fingerprint density at radius 2 is 1.93 bits per heavy atom. The Morgan fingerprint density at radius 1 is 1.13 bits per heavy atom. The topological polar surface area (TPSA) is 66.2 Å². The third-order valence-electron chi connectivity index (χ3n) is 4.69. The molecule has 0 unspecified atom stereocenters. The van der Waals surface area contributed by atoms with Crippen molar-refractivity contribution >= 4 is 29.1 Å². The Hall–Kier alpha value is -3.14. The van der Waals surface area contributed by atoms with Crippen LogP contribution in [-0.2, 0) is 25.7 Å². The van der Waals surface area contributed by atoms with Gasteiger partial charge in [-0.1, -0.05) is 24.3 Å². The number of benzene rings is 1. The molecule has 3 aromatic rings. The maximum absolute atomic E-state index is 13.4. The summed E-state index contributed by atoms with van der Waals surface area (Å²) in [7, 11) is 0. The number of nitrogens with zero attached hydrogens (tertiary/aromatic N) is 3. The van der Waals surface area contributed by atoms with E-state index in [2.05, 4.69) is 20.6 Å². The summed E-state index contributed by atoms with van der Waals surface area (Å²) in [6.45, 7) is 1.32. The van der Waals surface area contributed by atoms with Gasteiger partial charge in [-0.05, 0) is 41.9 Å². The van der Waals surface area contributed by atoms with Crippen LogP contribution in [0.5, 0.6) is 0 Å². The summed E-state index contributed by atoms with van der Waals surface area (Å²) in [6, 6.07) is 12.3. The summed E-state index contributed by atoms with van der Waals surface area (Å²) in [4.78, 5) is 9.69. The largest absolute Gasteiger partial charge is 0.467 e. The van der Waals surface area contributed by atoms with Crippen molar-refractivity contribution in [1.29, 1.82) is 0 Å². The van der Waals surface area contributed by atoms with Crippen molar-refractivity contribution in [2.24, 2.45) is 0 Å². The van der Waals surface area contributed by atoms with E-state index in [-0.39, 0.29) is 23.4 Å². The van der Waals surface area contributed by atoms with Gasteiger partial charge < -0.3 is 20.0 Å². The van der Waals surface area contributed by atoms with E-state index in [0.29, 0.717) is 18.8 Å². The average molecular weight is 433 g/mol. The van der Waals surface area contributed by atoms with Gasteiger partial charge in [0.05, 0.1) is 12.8 Å². The zero-order valence-corrected chi connectivity index (χ0v) is 16.6. The first-order valence-corrected chi connectivity index (χ1v) is 9.64. The predicted octanol–water partition coefficient (Wildman–Crippen LogP) is 4.14. The maximum Gasteiger partial charge on any atom is 0.433 e. The summed E-state index contributed by atoms with van der Waals surface area (Å²) in [5.74, 6) is 0.621. The molecule has 0 radical (unpaired) electrons. The predicted molar refractivity (Wildman–Crippen MR) is 110 cm³/mol. The van der Waals surface area contributed by atoms with Crippen LogP contribution in [0.25, 0.3) is 0 Å². The molecule has 0 aliphatic carbocycles. The van der Waals surface area contributed by atoms with Crippen molar-refractivity contribution in [3.8, 4) is 0 Å². The van der Waals surface area contributed by atoms with E-state index in [9.17, 15) is 13.2 Å². The smallest absolute Gasteiger partial charge is 0.433 e. The van der Waals surface area contributed by atoms with Gasteiger partial charge >= 0.3 is 6.18 Å². The van der Waals surface area contributed by atoms with Crippen molar-refractivity contribution in [2.75, 3.05) is 16.8 Å². The molecule has 156 valence electrons. The summed E-state index contributed by atoms with van der Waals surface area (Å²) in [5, 5.41) is 5.60. The van der Waals surface area contributed by atoms with Crippen LogP contribution in [0, 0.1) is 0 Å². The van der Waals surface area contributed by atoms with Crippen LogP contribution in [0.15, 0.2) is 53.1 Å². The molecular weight excluding hydrogens is 415 g/mol. The van der Waals surface area contributed by atoms with Crippen molar-refractivity contribution in [1.82, 2.24) is 15.3 Å². The van der Waals surface area contributed by atoms with Crippen LogP contribution in [0.3, 0.4) is 0 Å². The molecule has 0 fully saturated rings. The molecule has 1 aromatic carbocycles. The van der Waals surface area contributed by atoms with E-state index in [1.54, 1.807) is 12.1 Å². The Labute approximate surface area is 176 Å². The molecule has 0 saturated carbocycles. The highest BCUT2D eigenvalue weighted by molar-refractivity contribution is 7.80. The highest BCUT2D eigenvalue weighted by atomic mass is 32.1. The Bertz CT molecular complexity index is 1040. The zero-order valence-electron chi connectivity index (χ0n) is 15.7. The molecule has 0 saturated heterocycles. The number of furan rings is 1. The fourth-order valence-corrected chi connectivity index (χ4v) is 3.38. The van der Waals surface area contributed by atoms with Crippen molar-refractivity contribution in [3.63, 3.8) is 0 Å². The average Bonchev–Trinajstić information content (AvgIpc) is 3.25. The normalized spacial score (nSPS) is 13.6. The molecule has 30 heavy (non-hydrogen) atoms. The zero-order chi connectivity index (χ0) is 21.1. The van der Waals surface area contributed by atoms with Gasteiger partial charge in [-0.3, -0.25) is 0 Å². The van der Waals surface area contributed by atoms with Crippen LogP contribution in [0.1, 0.15) is 22.6 Å². The van der Waals surface area contributed by atoms with E-state index in [4.69, 9.17) is 16.6 Å². The molecule has 0 amide bonds. The lowest BCUT2D eigenvalue weighted by Crippen LogP contribution is -2.33. The van der Waals surface area contributed by atoms with Gasteiger partial charge in [0, 0.05) is 19.2 Å². The van der Waals surface area contributed by atoms with Crippen molar-refractivity contribution < 1.29 is 17.6 Å². The molecule has 1 aliphatic heterocycles. The molecular formula is C20H18F3N5OS. The van der Waals surface area contributed by atoms with Gasteiger partial charge in [0.15, 0.2) is 10.8 Å². The fourth-order valence-electron chi connectivity index (χ4n) is 3.22. The highest BCUT2D eigenvalue weighted by Gasteiger charge is 2.34. The molecule has 0 bridgehead atoms. The van der Waals surface area contributed by atoms with Crippen LogP contribution < -0.4 is 15.5 Å². The van der Waals surface area contributed by atoms with E-state index in [1.807, 2.05) is 29.2 Å². The minimum absolute atomic E-state index is 0.0978. The van der Waals surface area contributed by atoms with Gasteiger partial charge in [0.1, 0.15) is 11.6 Å². The second-order valence-corrected chi connectivity index (χ2v) is 7.17. The standard InChI is InChI=1S/C20H18F3N5OS/c21-20(22,23)16-10-17(28-8-7-13-4-1-2-5-14(13)12-28)26-18(25-16)27-19(30)24-11-15-6-3-9-29-15/h1-6,9-10H,7-8,11-12H2,(H2,24,25,26,27,30). The third-order valence-corrected chi connectivity index (χ3v) is 4.93. The summed E-state index contributed by atoms with van der Waals surface area (Å²) in [6.07, 6.45) is -2.36. The number of aromatic nitrogens is 2. The number of fused-ring (bicyclic) bond motifs is 1. The van der Waals surface area contributed by atoms with Gasteiger partial charge in [-0.25, -0.2) is 4.98 Å². The first-order chi connectivity index (χ1) is 14.4. The number of thiocarbonyl (C=S) groups is 1. The monoisotopic (exact) mass is 433 g/mol. The Morgan fingerprint density at radius 3 is 2.67 bits per heavy atom. The number of alkyl halides is 3. The number of hydrogen-bond acceptors (Lipinski definition) is 5. The van der Waals surface area contributed by atoms with E-state index in [1.165, 1.54) is 11.8 Å². The number of anilines is 2. The van der Waals surface area contributed by atoms with Gasteiger partial charge in [0.2, 0.25) is 5.95 Å². The lowest BCUT2D eigenvalue weighted by molar-refractivity contribution is -0.141. The summed E-state index contributed by atoms with van der Waals surface area (Å²) >= 11 is 5.16. The second kappa shape index (κ2) is 8.31. The van der Waals surface area contributed by atoms with E-state index < -0.39 is 11.9 Å². The fraction of sp³-hybridized carbons (Fsp3) is 0.250. The van der Waals surface area contributed by atoms with Gasteiger partial charge in [-0.2, -0.15) is 18.2 Å². The number of hydrogen-bond donors (Lipinski definition) is 2. The molecule has 2 N–H and O–H groups in total. The summed E-state index contributed by atoms with van der Waals surface area (Å²) < 4.78 is 45.5. The van der Waals surface area contributed by atoms with Crippen molar-refractivity contribution in [3.05, 3.63) is 71.3 Å². The molecule has 6 nitrogen and oxygen atoms in total. The molecule has 0 atom stereocenters. The Balaban J connectivity index is 1.54. The van der Waals surface area contributed by atoms with E-state index >= 15 is 0 Å². The lowest BCUT2D eigenvalue weighted by atomic mass is 10.00. The molecule has 4 rings (SSSR count). The Kier molecular flexibility index (Phi) is 5.58. The molecule has 10 heteroatoms. The van der Waals surface area contributed by atoms with Gasteiger partial charge in [-0.15, -0.1) is 0 Å². The maximum atomic E-state index is 13.4. The molecule has 1 aliphatic rings. The lowest BCUT2D eigenvalue weighted by Gasteiger charge is -2.30. The van der Waals surface area contributed by atoms with Crippen LogP contribution >= 0.6 is 12.2 Å². The van der Waals surface area contributed by atoms with Gasteiger partial charge in [0.25, 0.3) is 0 Å². The first-order valence-electron chi connectivity index (χ1n) is 9.24. The van der Waals surface area contributed by atoms with Crippen LogP contribution in [0.4, 0.5) is 24.9 Å². The van der Waals surface area contributed by atoms with E-state index in [0.717, 1.165) is 18.1 Å². The minimum atomic E-state index is -4.61. The number of rotatable bonds is 4. The second-order valence-electron chi connectivity index (χ2n) is 6.76. The highest BCUT2D eigenvalue weighted by Crippen LogP contribution is 2.32. The number of halogens is 3. The van der Waals surface area contributed by atoms with Crippen LogP contribution in [0.2, 0.25) is 0 Å². The SMILES string of the molecule is FC(F)(F)c1cc(N2CCc3ccccc3C2)nc(NC(=S)NCc2ccco2)n1. The minimum Gasteiger partial charge on any atom is -0.467 e.